The molecule has 1 fully saturated rings. The van der Waals surface area contributed by atoms with Gasteiger partial charge in [-0.3, -0.25) is 4.79 Å². The lowest BCUT2D eigenvalue weighted by Crippen LogP contribution is -2.46. The Morgan fingerprint density at radius 1 is 1.10 bits per heavy atom. The van der Waals surface area contributed by atoms with Crippen LogP contribution >= 0.6 is 23.7 Å². The van der Waals surface area contributed by atoms with Crippen LogP contribution in [0.5, 0.6) is 0 Å². The Balaban J connectivity index is 0.00000147. The number of carbonyl (C=O) groups is 1. The molecule has 1 saturated heterocycles. The average molecular weight is 309 g/mol. The van der Waals surface area contributed by atoms with Gasteiger partial charge in [0, 0.05) is 31.7 Å². The number of carbonyl (C=O) groups excluding carboxylic acids is 1. The topological polar surface area (TPSA) is 32.3 Å². The third-order valence-electron chi connectivity index (χ3n) is 3.35. The summed E-state index contributed by atoms with van der Waals surface area (Å²) in [5.41, 5.74) is 2.16. The van der Waals surface area contributed by atoms with Crippen LogP contribution in [0.3, 0.4) is 0 Å². The summed E-state index contributed by atoms with van der Waals surface area (Å²) in [4.78, 5) is 15.4. The van der Waals surface area contributed by atoms with Gasteiger partial charge in [-0.1, -0.05) is 30.3 Å². The summed E-state index contributed by atoms with van der Waals surface area (Å²) in [7, 11) is 0. The predicted octanol–water partition coefficient (Wildman–Crippen LogP) is 2.88. The maximum atomic E-state index is 12.6. The first-order valence-electron chi connectivity index (χ1n) is 6.49. The highest BCUT2D eigenvalue weighted by atomic mass is 35.5. The molecule has 0 aliphatic carbocycles. The van der Waals surface area contributed by atoms with Crippen molar-refractivity contribution in [2.24, 2.45) is 0 Å². The molecule has 0 saturated carbocycles. The Morgan fingerprint density at radius 3 is 2.50 bits per heavy atom. The fourth-order valence-electron chi connectivity index (χ4n) is 2.33. The lowest BCUT2D eigenvalue weighted by molar-refractivity contribution is 0.0741. The van der Waals surface area contributed by atoms with Crippen molar-refractivity contribution in [2.45, 2.75) is 0 Å². The maximum absolute atomic E-state index is 12.6. The van der Waals surface area contributed by atoms with E-state index < -0.39 is 0 Å². The molecular weight excluding hydrogens is 292 g/mol. The lowest BCUT2D eigenvalue weighted by Gasteiger charge is -2.27. The Kier molecular flexibility index (Phi) is 5.17. The van der Waals surface area contributed by atoms with E-state index in [0.717, 1.165) is 42.2 Å². The average Bonchev–Trinajstić information content (AvgIpc) is 2.98. The minimum absolute atomic E-state index is 0. The molecule has 106 valence electrons. The molecule has 5 heteroatoms. The van der Waals surface area contributed by atoms with Gasteiger partial charge in [-0.2, -0.15) is 0 Å². The number of halogens is 1. The van der Waals surface area contributed by atoms with Crippen LogP contribution in [0.2, 0.25) is 0 Å². The number of thiophene rings is 1. The molecule has 1 aliphatic heterocycles. The second-order valence-electron chi connectivity index (χ2n) is 4.57. The highest BCUT2D eigenvalue weighted by molar-refractivity contribution is 7.12. The van der Waals surface area contributed by atoms with Gasteiger partial charge in [0.25, 0.3) is 5.91 Å². The van der Waals surface area contributed by atoms with Gasteiger partial charge in [0.05, 0.1) is 4.88 Å². The zero-order chi connectivity index (χ0) is 13.1. The molecule has 0 bridgehead atoms. The van der Waals surface area contributed by atoms with E-state index in [4.69, 9.17) is 0 Å². The Bertz CT molecular complexity index is 564. The minimum atomic E-state index is 0. The molecule has 1 aliphatic rings. The van der Waals surface area contributed by atoms with Crippen molar-refractivity contribution in [1.29, 1.82) is 0 Å². The molecule has 1 amide bonds. The largest absolute Gasteiger partial charge is 0.335 e. The third-order valence-corrected chi connectivity index (χ3v) is 4.25. The normalized spacial score (nSPS) is 14.7. The predicted molar refractivity (Wildman–Crippen MR) is 85.8 cm³/mol. The second kappa shape index (κ2) is 6.88. The van der Waals surface area contributed by atoms with E-state index in [-0.39, 0.29) is 18.3 Å². The summed E-state index contributed by atoms with van der Waals surface area (Å²) in [5.74, 6) is 0.162. The number of rotatable bonds is 2. The SMILES string of the molecule is Cl.O=C(c1sccc1-c1ccccc1)N1CCNCC1. The summed E-state index contributed by atoms with van der Waals surface area (Å²) in [6.07, 6.45) is 0. The van der Waals surface area contributed by atoms with Crippen molar-refractivity contribution in [1.82, 2.24) is 10.2 Å². The van der Waals surface area contributed by atoms with Crippen molar-refractivity contribution >= 4 is 29.7 Å². The van der Waals surface area contributed by atoms with Crippen LogP contribution in [0.15, 0.2) is 41.8 Å². The third kappa shape index (κ3) is 3.03. The first-order valence-corrected chi connectivity index (χ1v) is 7.37. The Hall–Kier alpha value is -1.36. The van der Waals surface area contributed by atoms with Gasteiger partial charge >= 0.3 is 0 Å². The molecule has 1 N–H and O–H groups in total. The minimum Gasteiger partial charge on any atom is -0.335 e. The van der Waals surface area contributed by atoms with Crippen molar-refractivity contribution in [3.8, 4) is 11.1 Å². The van der Waals surface area contributed by atoms with E-state index >= 15 is 0 Å². The van der Waals surface area contributed by atoms with E-state index in [1.54, 1.807) is 0 Å². The molecule has 0 spiro atoms. The van der Waals surface area contributed by atoms with Gasteiger partial charge < -0.3 is 10.2 Å². The summed E-state index contributed by atoms with van der Waals surface area (Å²) in [5, 5.41) is 5.27. The van der Waals surface area contributed by atoms with E-state index in [0.29, 0.717) is 0 Å². The van der Waals surface area contributed by atoms with Gasteiger partial charge in [-0.15, -0.1) is 23.7 Å². The molecule has 0 unspecified atom stereocenters. The highest BCUT2D eigenvalue weighted by Gasteiger charge is 2.22. The van der Waals surface area contributed by atoms with E-state index in [9.17, 15) is 4.79 Å². The van der Waals surface area contributed by atoms with E-state index in [2.05, 4.69) is 17.4 Å². The van der Waals surface area contributed by atoms with Crippen molar-refractivity contribution in [3.05, 3.63) is 46.7 Å². The first-order chi connectivity index (χ1) is 9.36. The van der Waals surface area contributed by atoms with Crippen LogP contribution in [0.1, 0.15) is 9.67 Å². The molecule has 0 atom stereocenters. The smallest absolute Gasteiger partial charge is 0.264 e. The fourth-order valence-corrected chi connectivity index (χ4v) is 3.21. The zero-order valence-corrected chi connectivity index (χ0v) is 12.7. The quantitative estimate of drug-likeness (QED) is 0.925. The molecular formula is C15H17ClN2OS. The number of amides is 1. The van der Waals surface area contributed by atoms with Crippen molar-refractivity contribution < 1.29 is 4.79 Å². The van der Waals surface area contributed by atoms with Crippen molar-refractivity contribution in [3.63, 3.8) is 0 Å². The molecule has 20 heavy (non-hydrogen) atoms. The van der Waals surface area contributed by atoms with Crippen LogP contribution in [0.25, 0.3) is 11.1 Å². The van der Waals surface area contributed by atoms with Crippen molar-refractivity contribution in [2.75, 3.05) is 26.2 Å². The monoisotopic (exact) mass is 308 g/mol. The molecule has 1 aromatic heterocycles. The number of nitrogens with one attached hydrogen (secondary N) is 1. The lowest BCUT2D eigenvalue weighted by atomic mass is 10.1. The Morgan fingerprint density at radius 2 is 1.80 bits per heavy atom. The van der Waals surface area contributed by atoms with E-state index in [1.807, 2.05) is 34.5 Å². The number of piperazine rings is 1. The first kappa shape index (κ1) is 15.0. The maximum Gasteiger partial charge on any atom is 0.264 e. The molecule has 1 aromatic carbocycles. The van der Waals surface area contributed by atoms with Gasteiger partial charge in [-0.25, -0.2) is 0 Å². The highest BCUT2D eigenvalue weighted by Crippen LogP contribution is 2.29. The molecule has 3 nitrogen and oxygen atoms in total. The number of hydrogen-bond donors (Lipinski definition) is 1. The summed E-state index contributed by atoms with van der Waals surface area (Å²) in [6, 6.07) is 12.1. The molecule has 2 heterocycles. The molecule has 0 radical (unpaired) electrons. The fraction of sp³-hybridized carbons (Fsp3) is 0.267. The van der Waals surface area contributed by atoms with E-state index in [1.165, 1.54) is 11.3 Å². The standard InChI is InChI=1S/C15H16N2OS.ClH/c18-15(17-9-7-16-8-10-17)14-13(6-11-19-14)12-4-2-1-3-5-12;/h1-6,11,16H,7-10H2;1H. The molecule has 3 rings (SSSR count). The Labute approximate surface area is 129 Å². The van der Waals surface area contributed by atoms with Gasteiger partial charge in [0.2, 0.25) is 0 Å². The summed E-state index contributed by atoms with van der Waals surface area (Å²) in [6.45, 7) is 3.37. The molecule has 2 aromatic rings. The summed E-state index contributed by atoms with van der Waals surface area (Å²) < 4.78 is 0. The van der Waals surface area contributed by atoms with Crippen LogP contribution < -0.4 is 5.32 Å². The van der Waals surface area contributed by atoms with Crippen LogP contribution in [0, 0.1) is 0 Å². The van der Waals surface area contributed by atoms with Gasteiger partial charge in [-0.05, 0) is 17.0 Å². The zero-order valence-electron chi connectivity index (χ0n) is 11.0. The second-order valence-corrected chi connectivity index (χ2v) is 5.49. The van der Waals surface area contributed by atoms with Gasteiger partial charge in [0.15, 0.2) is 0 Å². The van der Waals surface area contributed by atoms with Crippen LogP contribution in [0.4, 0.5) is 0 Å². The number of nitrogens with zero attached hydrogens (tertiary/aromatic N) is 1. The number of benzene rings is 1. The van der Waals surface area contributed by atoms with Crippen LogP contribution in [-0.2, 0) is 0 Å². The van der Waals surface area contributed by atoms with Gasteiger partial charge in [0.1, 0.15) is 0 Å². The van der Waals surface area contributed by atoms with Crippen LogP contribution in [-0.4, -0.2) is 37.0 Å². The number of hydrogen-bond acceptors (Lipinski definition) is 3. The summed E-state index contributed by atoms with van der Waals surface area (Å²) >= 11 is 1.53.